The molecule has 0 amide bonds. The molecule has 0 spiro atoms. The minimum absolute atomic E-state index is 0.00630. The number of hydrogen-bond donors (Lipinski definition) is 2. The Balaban J connectivity index is 1.56. The Bertz CT molecular complexity index is 875. The molecule has 7 atom stereocenters. The molecule has 1 aromatic carbocycles. The summed E-state index contributed by atoms with van der Waals surface area (Å²) in [6.45, 7) is 14.1. The molecule has 0 unspecified atom stereocenters. The van der Waals surface area contributed by atoms with Gasteiger partial charge in [0.1, 0.15) is 17.1 Å². The first-order chi connectivity index (χ1) is 13.9. The number of rotatable bonds is 0. The maximum absolute atomic E-state index is 10.8. The molecule has 0 radical (unpaired) electrons. The van der Waals surface area contributed by atoms with Gasteiger partial charge in [0.2, 0.25) is 0 Å². The van der Waals surface area contributed by atoms with E-state index in [9.17, 15) is 10.2 Å². The number of phenolic OH excluding ortho intramolecular Hbond substituents is 1. The van der Waals surface area contributed by atoms with E-state index in [1.807, 2.05) is 12.1 Å². The standard InChI is InChI=1S/C27H40O3/c1-16-13-18(28)14-17-15-21-26(5)10-7-19-24(2,3)22(29)9-11-25(19,4)20(26)8-12-27(21,6)30-23(16)17/h13-14,19-22,28-29H,7-12,15H2,1-6H3/t19-,20-,21+,22-,25-,26-,27+/m0/s1. The molecule has 3 nitrogen and oxygen atoms in total. The van der Waals surface area contributed by atoms with Crippen LogP contribution < -0.4 is 4.74 Å². The van der Waals surface area contributed by atoms with Crippen LogP contribution in [0, 0.1) is 40.9 Å². The lowest BCUT2D eigenvalue weighted by molar-refractivity contribution is -0.223. The van der Waals surface area contributed by atoms with Crippen LogP contribution in [-0.4, -0.2) is 21.9 Å². The van der Waals surface area contributed by atoms with Crippen molar-refractivity contribution in [2.45, 2.75) is 98.2 Å². The van der Waals surface area contributed by atoms with Gasteiger partial charge in [0.15, 0.2) is 0 Å². The molecule has 3 saturated carbocycles. The van der Waals surface area contributed by atoms with E-state index in [-0.39, 0.29) is 27.9 Å². The normalized spacial score (nSPS) is 46.6. The van der Waals surface area contributed by atoms with Crippen molar-refractivity contribution in [2.75, 3.05) is 0 Å². The third-order valence-corrected chi connectivity index (χ3v) is 10.6. The molecule has 4 aliphatic rings. The van der Waals surface area contributed by atoms with Gasteiger partial charge in [-0.1, -0.05) is 27.7 Å². The molecule has 0 bridgehead atoms. The first-order valence-electron chi connectivity index (χ1n) is 12.1. The maximum atomic E-state index is 10.8. The van der Waals surface area contributed by atoms with Gasteiger partial charge < -0.3 is 14.9 Å². The number of aromatic hydroxyl groups is 1. The van der Waals surface area contributed by atoms with Crippen molar-refractivity contribution in [3.8, 4) is 11.5 Å². The van der Waals surface area contributed by atoms with Crippen LogP contribution in [0.5, 0.6) is 11.5 Å². The van der Waals surface area contributed by atoms with Gasteiger partial charge in [-0.3, -0.25) is 0 Å². The Labute approximate surface area is 182 Å². The van der Waals surface area contributed by atoms with E-state index >= 15 is 0 Å². The number of aliphatic hydroxyl groups excluding tert-OH is 1. The van der Waals surface area contributed by atoms with Crippen LogP contribution in [0.3, 0.4) is 0 Å². The van der Waals surface area contributed by atoms with E-state index in [0.29, 0.717) is 23.5 Å². The van der Waals surface area contributed by atoms with Crippen molar-refractivity contribution in [1.29, 1.82) is 0 Å². The Morgan fingerprint density at radius 1 is 0.867 bits per heavy atom. The highest BCUT2D eigenvalue weighted by molar-refractivity contribution is 5.48. The first-order valence-corrected chi connectivity index (χ1v) is 12.1. The fourth-order valence-electron chi connectivity index (χ4n) is 9.11. The van der Waals surface area contributed by atoms with Gasteiger partial charge in [-0.25, -0.2) is 0 Å². The molecule has 5 rings (SSSR count). The van der Waals surface area contributed by atoms with Crippen LogP contribution in [0.1, 0.15) is 84.3 Å². The minimum atomic E-state index is -0.176. The van der Waals surface area contributed by atoms with Crippen LogP contribution in [-0.2, 0) is 6.42 Å². The minimum Gasteiger partial charge on any atom is -0.508 e. The van der Waals surface area contributed by atoms with Gasteiger partial charge in [-0.05, 0) is 110 Å². The molecule has 2 N–H and O–H groups in total. The lowest BCUT2D eigenvalue weighted by atomic mass is 9.37. The molecule has 3 aliphatic carbocycles. The predicted octanol–water partition coefficient (Wildman–Crippen LogP) is 6.02. The molecular weight excluding hydrogens is 372 g/mol. The molecule has 3 fully saturated rings. The maximum Gasteiger partial charge on any atom is 0.126 e. The predicted molar refractivity (Wildman–Crippen MR) is 120 cm³/mol. The molecule has 0 saturated heterocycles. The van der Waals surface area contributed by atoms with E-state index in [2.05, 4.69) is 41.5 Å². The zero-order chi connectivity index (χ0) is 21.7. The van der Waals surface area contributed by atoms with Gasteiger partial charge >= 0.3 is 0 Å². The largest absolute Gasteiger partial charge is 0.508 e. The van der Waals surface area contributed by atoms with Gasteiger partial charge in [-0.2, -0.15) is 0 Å². The topological polar surface area (TPSA) is 49.7 Å². The van der Waals surface area contributed by atoms with Crippen molar-refractivity contribution >= 4 is 0 Å². The van der Waals surface area contributed by atoms with E-state index < -0.39 is 0 Å². The number of aryl methyl sites for hydroxylation is 1. The highest BCUT2D eigenvalue weighted by atomic mass is 16.5. The van der Waals surface area contributed by atoms with Gasteiger partial charge in [0, 0.05) is 5.92 Å². The number of benzene rings is 1. The Hall–Kier alpha value is -1.22. The van der Waals surface area contributed by atoms with Crippen molar-refractivity contribution in [2.24, 2.45) is 34.0 Å². The summed E-state index contributed by atoms with van der Waals surface area (Å²) in [6, 6.07) is 3.76. The second-order valence-corrected chi connectivity index (χ2v) is 12.5. The Morgan fingerprint density at radius 3 is 2.23 bits per heavy atom. The summed E-state index contributed by atoms with van der Waals surface area (Å²) < 4.78 is 6.80. The van der Waals surface area contributed by atoms with Crippen LogP contribution in [0.2, 0.25) is 0 Å². The summed E-state index contributed by atoms with van der Waals surface area (Å²) in [5.41, 5.74) is 2.61. The number of hydrogen-bond acceptors (Lipinski definition) is 3. The lowest BCUT2D eigenvalue weighted by Crippen LogP contribution is -2.66. The summed E-state index contributed by atoms with van der Waals surface area (Å²) in [7, 11) is 0. The number of fused-ring (bicyclic) bond motifs is 6. The fraction of sp³-hybridized carbons (Fsp3) is 0.778. The molecule has 166 valence electrons. The van der Waals surface area contributed by atoms with Crippen LogP contribution >= 0.6 is 0 Å². The molecule has 1 aliphatic heterocycles. The van der Waals surface area contributed by atoms with Crippen molar-refractivity contribution < 1.29 is 14.9 Å². The summed E-state index contributed by atoms with van der Waals surface area (Å²) in [5, 5.41) is 21.0. The Kier molecular flexibility index (Phi) is 4.26. The third kappa shape index (κ3) is 2.54. The quantitative estimate of drug-likeness (QED) is 0.547. The molecule has 3 heteroatoms. The molecule has 1 aromatic rings. The van der Waals surface area contributed by atoms with Crippen molar-refractivity contribution in [3.63, 3.8) is 0 Å². The highest BCUT2D eigenvalue weighted by Gasteiger charge is 2.66. The van der Waals surface area contributed by atoms with Crippen molar-refractivity contribution in [1.82, 2.24) is 0 Å². The van der Waals surface area contributed by atoms with Crippen LogP contribution in [0.15, 0.2) is 12.1 Å². The first kappa shape index (κ1) is 20.7. The molecule has 30 heavy (non-hydrogen) atoms. The summed E-state index contributed by atoms with van der Waals surface area (Å²) in [5.74, 6) is 3.08. The Morgan fingerprint density at radius 2 is 1.50 bits per heavy atom. The number of ether oxygens (including phenoxy) is 1. The van der Waals surface area contributed by atoms with Crippen molar-refractivity contribution in [3.05, 3.63) is 23.3 Å². The smallest absolute Gasteiger partial charge is 0.126 e. The molecule has 0 aromatic heterocycles. The van der Waals surface area contributed by atoms with E-state index in [1.54, 1.807) is 0 Å². The van der Waals surface area contributed by atoms with Gasteiger partial charge in [0.25, 0.3) is 0 Å². The zero-order valence-electron chi connectivity index (χ0n) is 19.7. The van der Waals surface area contributed by atoms with E-state index in [0.717, 1.165) is 37.0 Å². The second-order valence-electron chi connectivity index (χ2n) is 12.5. The van der Waals surface area contributed by atoms with Crippen LogP contribution in [0.25, 0.3) is 0 Å². The molecule has 1 heterocycles. The average Bonchev–Trinajstić information content (AvgIpc) is 2.64. The summed E-state index contributed by atoms with van der Waals surface area (Å²) in [6.07, 6.45) is 7.63. The third-order valence-electron chi connectivity index (χ3n) is 10.6. The lowest BCUT2D eigenvalue weighted by Gasteiger charge is -2.69. The highest BCUT2D eigenvalue weighted by Crippen LogP contribution is 2.70. The van der Waals surface area contributed by atoms with E-state index in [4.69, 9.17) is 4.74 Å². The number of phenols is 1. The summed E-state index contributed by atoms with van der Waals surface area (Å²) >= 11 is 0. The van der Waals surface area contributed by atoms with Gasteiger partial charge in [-0.15, -0.1) is 0 Å². The van der Waals surface area contributed by atoms with E-state index in [1.165, 1.54) is 24.8 Å². The fourth-order valence-corrected chi connectivity index (χ4v) is 9.11. The molecular formula is C27H40O3. The monoisotopic (exact) mass is 412 g/mol. The van der Waals surface area contributed by atoms with Gasteiger partial charge in [0.05, 0.1) is 6.10 Å². The number of aliphatic hydroxyl groups is 1. The summed E-state index contributed by atoms with van der Waals surface area (Å²) in [4.78, 5) is 0. The zero-order valence-corrected chi connectivity index (χ0v) is 19.7. The average molecular weight is 413 g/mol. The second kappa shape index (κ2) is 6.18. The SMILES string of the molecule is Cc1cc(O)cc2c1O[C@]1(C)CC[C@@H]3[C@](C)(CC[C@H]4C(C)(C)[C@@H](O)CC[C@]34C)[C@H]1C2. The van der Waals surface area contributed by atoms with Crippen LogP contribution in [0.4, 0.5) is 0 Å².